The number of nitrogens with one attached hydrogen (secondary N) is 1. The Kier molecular flexibility index (Phi) is 5.28. The molecule has 1 aliphatic heterocycles. The van der Waals surface area contributed by atoms with Crippen LogP contribution in [0.15, 0.2) is 41.1 Å². The van der Waals surface area contributed by atoms with Gasteiger partial charge in [-0.1, -0.05) is 0 Å². The van der Waals surface area contributed by atoms with Crippen LogP contribution in [0.3, 0.4) is 0 Å². The molecule has 3 aromatic heterocycles. The summed E-state index contributed by atoms with van der Waals surface area (Å²) >= 11 is 0. The van der Waals surface area contributed by atoms with Crippen LogP contribution in [0.2, 0.25) is 0 Å². The summed E-state index contributed by atoms with van der Waals surface area (Å²) in [5.41, 5.74) is 3.38. The lowest BCUT2D eigenvalue weighted by atomic mass is 9.94. The van der Waals surface area contributed by atoms with E-state index in [4.69, 9.17) is 9.15 Å². The van der Waals surface area contributed by atoms with Gasteiger partial charge >= 0.3 is 0 Å². The molecular weight excluding hydrogens is 456 g/mol. The zero-order valence-electron chi connectivity index (χ0n) is 21.0. The zero-order chi connectivity index (χ0) is 25.1. The summed E-state index contributed by atoms with van der Waals surface area (Å²) in [6.45, 7) is 8.59. The van der Waals surface area contributed by atoms with E-state index in [-0.39, 0.29) is 23.9 Å². The van der Waals surface area contributed by atoms with Gasteiger partial charge in [-0.05, 0) is 70.6 Å². The maximum absolute atomic E-state index is 13.2. The van der Waals surface area contributed by atoms with Gasteiger partial charge in [-0.3, -0.25) is 9.59 Å². The first-order valence-electron chi connectivity index (χ1n) is 12.6. The van der Waals surface area contributed by atoms with Crippen molar-refractivity contribution in [3.05, 3.63) is 59.1 Å². The molecule has 186 valence electrons. The molecule has 4 heterocycles. The maximum atomic E-state index is 13.2. The fourth-order valence-electron chi connectivity index (χ4n) is 5.40. The fraction of sp³-hybridized carbons (Fsp3) is 0.393. The highest BCUT2D eigenvalue weighted by atomic mass is 16.5. The van der Waals surface area contributed by atoms with Gasteiger partial charge in [0.1, 0.15) is 22.6 Å². The van der Waals surface area contributed by atoms with E-state index >= 15 is 0 Å². The highest BCUT2D eigenvalue weighted by Gasteiger charge is 2.37. The number of carbonyl (C=O) groups is 2. The van der Waals surface area contributed by atoms with Crippen LogP contribution in [0, 0.1) is 19.8 Å². The van der Waals surface area contributed by atoms with Crippen molar-refractivity contribution in [1.82, 2.24) is 19.8 Å². The lowest BCUT2D eigenvalue weighted by Gasteiger charge is -2.45. The van der Waals surface area contributed by atoms with Crippen molar-refractivity contribution in [3.63, 3.8) is 0 Å². The molecule has 0 radical (unpaired) electrons. The number of hydrogen-bond donors (Lipinski definition) is 1. The monoisotopic (exact) mass is 486 g/mol. The van der Waals surface area contributed by atoms with E-state index in [0.717, 1.165) is 22.9 Å². The van der Waals surface area contributed by atoms with Crippen LogP contribution in [0.4, 0.5) is 0 Å². The number of ether oxygens (including phenoxy) is 1. The Hall–Kier alpha value is -3.81. The first-order valence-corrected chi connectivity index (χ1v) is 12.6. The molecule has 8 nitrogen and oxygen atoms in total. The first-order chi connectivity index (χ1) is 17.3. The minimum atomic E-state index is -0.102. The highest BCUT2D eigenvalue weighted by Crippen LogP contribution is 2.35. The number of rotatable bonds is 6. The van der Waals surface area contributed by atoms with Gasteiger partial charge < -0.3 is 19.4 Å². The number of benzene rings is 1. The molecule has 36 heavy (non-hydrogen) atoms. The van der Waals surface area contributed by atoms with Gasteiger partial charge in [-0.2, -0.15) is 5.10 Å². The van der Waals surface area contributed by atoms with Crippen LogP contribution in [-0.2, 0) is 0 Å². The Morgan fingerprint density at radius 1 is 1.17 bits per heavy atom. The number of aryl methyl sites for hydroxylation is 2. The van der Waals surface area contributed by atoms with Gasteiger partial charge in [-0.25, -0.2) is 4.52 Å². The summed E-state index contributed by atoms with van der Waals surface area (Å²) in [7, 11) is 0. The summed E-state index contributed by atoms with van der Waals surface area (Å²) in [5, 5.41) is 8.19. The Morgan fingerprint density at radius 2 is 1.94 bits per heavy atom. The number of amides is 2. The molecule has 1 aromatic carbocycles. The van der Waals surface area contributed by atoms with Crippen molar-refractivity contribution in [2.45, 2.75) is 59.0 Å². The lowest BCUT2D eigenvalue weighted by Crippen LogP contribution is -2.55. The summed E-state index contributed by atoms with van der Waals surface area (Å²) in [6, 6.07) is 7.76. The molecule has 8 heteroatoms. The molecule has 0 unspecified atom stereocenters. The number of furan rings is 1. The van der Waals surface area contributed by atoms with Crippen LogP contribution in [-0.4, -0.2) is 45.0 Å². The zero-order valence-corrected chi connectivity index (χ0v) is 21.0. The van der Waals surface area contributed by atoms with Gasteiger partial charge in [0.25, 0.3) is 11.8 Å². The number of likely N-dealkylation sites (tertiary alicyclic amines) is 1. The molecule has 1 saturated carbocycles. The van der Waals surface area contributed by atoms with Crippen LogP contribution in [0.1, 0.15) is 65.1 Å². The Labute approximate surface area is 209 Å². The predicted molar refractivity (Wildman–Crippen MR) is 136 cm³/mol. The summed E-state index contributed by atoms with van der Waals surface area (Å²) in [5.74, 6) is 2.28. The first kappa shape index (κ1) is 22.6. The molecule has 1 N–H and O–H groups in total. The number of aromatic nitrogens is 2. The molecule has 2 atom stereocenters. The van der Waals surface area contributed by atoms with E-state index in [1.807, 2.05) is 24.0 Å². The fourth-order valence-corrected chi connectivity index (χ4v) is 5.40. The Morgan fingerprint density at radius 3 is 2.67 bits per heavy atom. The van der Waals surface area contributed by atoms with Crippen LogP contribution in [0.5, 0.6) is 11.5 Å². The molecule has 2 fully saturated rings. The van der Waals surface area contributed by atoms with Gasteiger partial charge in [0.05, 0.1) is 17.3 Å². The standard InChI is InChI=1S/C28H30N4O4/c1-15-11-16(2)32(15)28(34)22-14-31-26(17(22)3)23(9-10-30-31)36-20-7-8-21-24(12-20)35-18(4)25(21)27(33)29-13-19-5-6-19/h7-10,12,14-16,19H,5-6,11,13H2,1-4H3,(H,29,33)/t15-,16+. The van der Waals surface area contributed by atoms with Crippen molar-refractivity contribution in [1.29, 1.82) is 0 Å². The number of nitrogens with zero attached hydrogens (tertiary/aromatic N) is 3. The van der Waals surface area contributed by atoms with Crippen LogP contribution in [0.25, 0.3) is 16.5 Å². The molecule has 4 aromatic rings. The average Bonchev–Trinajstić information content (AvgIpc) is 3.52. The molecule has 6 rings (SSSR count). The smallest absolute Gasteiger partial charge is 0.256 e. The lowest BCUT2D eigenvalue weighted by molar-refractivity contribution is 0.0265. The average molecular weight is 487 g/mol. The second-order valence-corrected chi connectivity index (χ2v) is 10.2. The van der Waals surface area contributed by atoms with E-state index < -0.39 is 0 Å². The third-order valence-electron chi connectivity index (χ3n) is 7.53. The predicted octanol–water partition coefficient (Wildman–Crippen LogP) is 5.25. The summed E-state index contributed by atoms with van der Waals surface area (Å²) in [6.07, 6.45) is 6.82. The van der Waals surface area contributed by atoms with E-state index in [0.29, 0.717) is 46.4 Å². The van der Waals surface area contributed by atoms with Crippen LogP contribution < -0.4 is 10.1 Å². The number of fused-ring (bicyclic) bond motifs is 2. The van der Waals surface area contributed by atoms with Gasteiger partial charge in [0, 0.05) is 42.3 Å². The second-order valence-electron chi connectivity index (χ2n) is 10.2. The third-order valence-corrected chi connectivity index (χ3v) is 7.53. The summed E-state index contributed by atoms with van der Waals surface area (Å²) in [4.78, 5) is 27.9. The van der Waals surface area contributed by atoms with E-state index in [2.05, 4.69) is 24.3 Å². The highest BCUT2D eigenvalue weighted by molar-refractivity contribution is 6.07. The minimum absolute atomic E-state index is 0.0233. The van der Waals surface area contributed by atoms with Crippen molar-refractivity contribution in [2.24, 2.45) is 5.92 Å². The van der Waals surface area contributed by atoms with E-state index in [1.165, 1.54) is 12.8 Å². The second kappa shape index (κ2) is 8.40. The molecule has 2 amide bonds. The van der Waals surface area contributed by atoms with Crippen LogP contribution >= 0.6 is 0 Å². The third kappa shape index (κ3) is 3.72. The van der Waals surface area contributed by atoms with E-state index in [9.17, 15) is 9.59 Å². The normalized spacial score (nSPS) is 19.5. The molecule has 2 aliphatic rings. The maximum Gasteiger partial charge on any atom is 0.256 e. The van der Waals surface area contributed by atoms with Crippen molar-refractivity contribution >= 4 is 28.3 Å². The minimum Gasteiger partial charge on any atom is -0.460 e. The summed E-state index contributed by atoms with van der Waals surface area (Å²) < 4.78 is 13.9. The Balaban J connectivity index is 1.30. The largest absolute Gasteiger partial charge is 0.460 e. The number of hydrogen-bond acceptors (Lipinski definition) is 5. The van der Waals surface area contributed by atoms with E-state index in [1.54, 1.807) is 36.0 Å². The Bertz CT molecular complexity index is 1510. The van der Waals surface area contributed by atoms with Gasteiger partial charge in [-0.15, -0.1) is 0 Å². The van der Waals surface area contributed by atoms with Crippen molar-refractivity contribution in [2.75, 3.05) is 6.54 Å². The number of carbonyl (C=O) groups excluding carboxylic acids is 2. The quantitative estimate of drug-likeness (QED) is 0.402. The molecule has 0 spiro atoms. The van der Waals surface area contributed by atoms with Gasteiger partial charge in [0.15, 0.2) is 5.75 Å². The molecule has 1 aliphatic carbocycles. The molecular formula is C28H30N4O4. The van der Waals surface area contributed by atoms with Crippen molar-refractivity contribution < 1.29 is 18.7 Å². The molecule has 0 bridgehead atoms. The van der Waals surface area contributed by atoms with Gasteiger partial charge in [0.2, 0.25) is 0 Å². The molecule has 1 saturated heterocycles. The SMILES string of the molecule is Cc1oc2cc(Oc3ccnn4cc(C(=O)N5[C@H](C)C[C@@H]5C)c(C)c34)ccc2c1C(=O)NCC1CC1. The van der Waals surface area contributed by atoms with Crippen molar-refractivity contribution in [3.8, 4) is 11.5 Å². The topological polar surface area (TPSA) is 89.1 Å².